The van der Waals surface area contributed by atoms with Crippen molar-refractivity contribution in [3.8, 4) is 73.2 Å². The molecular weight excluding hydrogens is 822 g/mol. The minimum absolute atomic E-state index is 0.580. The lowest BCUT2D eigenvalue weighted by molar-refractivity contribution is 0.670. The van der Waals surface area contributed by atoms with Crippen molar-refractivity contribution in [3.63, 3.8) is 0 Å². The molecule has 68 heavy (non-hydrogen) atoms. The number of benzene rings is 9. The lowest BCUT2D eigenvalue weighted by Gasteiger charge is -2.16. The number of furan rings is 1. The van der Waals surface area contributed by atoms with E-state index in [9.17, 15) is 0 Å². The van der Waals surface area contributed by atoms with Crippen LogP contribution in [0.3, 0.4) is 0 Å². The van der Waals surface area contributed by atoms with E-state index in [2.05, 4.69) is 173 Å². The largest absolute Gasteiger partial charge is 0.455 e. The van der Waals surface area contributed by atoms with Gasteiger partial charge in [0, 0.05) is 49.7 Å². The molecule has 0 amide bonds. The lowest BCUT2D eigenvalue weighted by Crippen LogP contribution is -2.33. The summed E-state index contributed by atoms with van der Waals surface area (Å²) in [6.07, 6.45) is 0. The summed E-state index contributed by atoms with van der Waals surface area (Å²) in [6.45, 7) is 0. The van der Waals surface area contributed by atoms with Crippen LogP contribution >= 0.6 is 0 Å². The maximum atomic E-state index is 7.21. The van der Waals surface area contributed by atoms with Gasteiger partial charge in [0.2, 0.25) is 0 Å². The first-order valence-corrected chi connectivity index (χ1v) is 23.3. The minimum Gasteiger partial charge on any atom is -0.455 e. The molecule has 0 aliphatic rings. The Morgan fingerprint density at radius 3 is 1.28 bits per heavy atom. The van der Waals surface area contributed by atoms with Gasteiger partial charge < -0.3 is 8.98 Å². The van der Waals surface area contributed by atoms with Crippen LogP contribution < -0.4 is 32.8 Å². The molecule has 0 saturated carbocycles. The molecule has 0 saturated heterocycles. The fourth-order valence-electron chi connectivity index (χ4n) is 10.4. The molecule has 0 unspecified atom stereocenters. The van der Waals surface area contributed by atoms with Crippen molar-refractivity contribution in [2.75, 3.05) is 0 Å². The third-order valence-electron chi connectivity index (χ3n) is 13.9. The Labute approximate surface area is 400 Å². The van der Waals surface area contributed by atoms with Gasteiger partial charge in [-0.1, -0.05) is 172 Å². The minimum atomic E-state index is 0.580. The Balaban J connectivity index is 1.16. The maximum Gasteiger partial charge on any atom is 0.164 e. The second-order valence-electron chi connectivity index (χ2n) is 18.3. The molecule has 0 aliphatic carbocycles. The van der Waals surface area contributed by atoms with Crippen molar-refractivity contribution in [1.82, 2.24) is 19.5 Å². The van der Waals surface area contributed by atoms with E-state index in [1.54, 1.807) is 0 Å². The molecule has 3 heterocycles. The van der Waals surface area contributed by atoms with Crippen molar-refractivity contribution in [2.24, 2.45) is 0 Å². The van der Waals surface area contributed by atoms with Crippen LogP contribution in [0.15, 0.2) is 186 Å². The maximum absolute atomic E-state index is 7.21. The van der Waals surface area contributed by atoms with Crippen LogP contribution in [0.2, 0.25) is 0 Å². The Kier molecular flexibility index (Phi) is 9.98. The van der Waals surface area contributed by atoms with Crippen molar-refractivity contribution in [1.29, 1.82) is 0 Å². The molecule has 314 valence electrons. The predicted octanol–water partition coefficient (Wildman–Crippen LogP) is 4.42. The molecule has 0 fully saturated rings. The quantitative estimate of drug-likeness (QED) is 0.223. The summed E-state index contributed by atoms with van der Waals surface area (Å²) in [5.74, 6) is 1.81. The molecule has 0 aliphatic heterocycles. The van der Waals surface area contributed by atoms with E-state index < -0.39 is 0 Å². The first-order chi connectivity index (χ1) is 33.2. The van der Waals surface area contributed by atoms with Crippen LogP contribution in [0.5, 0.6) is 0 Å². The fourth-order valence-corrected chi connectivity index (χ4v) is 10.4. The van der Waals surface area contributed by atoms with E-state index >= 15 is 0 Å². The summed E-state index contributed by atoms with van der Waals surface area (Å²) in [5.41, 5.74) is 22.2. The molecule has 0 atom stereocenters. The number of nitrogens with zero attached hydrogens (tertiary/aromatic N) is 4. The number of hydrogen-bond acceptors (Lipinski definition) is 4. The highest BCUT2D eigenvalue weighted by atomic mass is 16.3. The summed E-state index contributed by atoms with van der Waals surface area (Å²) in [4.78, 5) is 15.1. The van der Waals surface area contributed by atoms with Crippen molar-refractivity contribution >= 4 is 124 Å². The van der Waals surface area contributed by atoms with Gasteiger partial charge in [0.05, 0.1) is 0 Å². The average molecular weight is 864 g/mol. The lowest BCUT2D eigenvalue weighted by atomic mass is 9.71. The van der Waals surface area contributed by atoms with Gasteiger partial charge in [-0.15, -0.1) is 0 Å². The van der Waals surface area contributed by atoms with Crippen LogP contribution in [0.4, 0.5) is 0 Å². The van der Waals surface area contributed by atoms with Gasteiger partial charge in [0.1, 0.15) is 58.2 Å². The van der Waals surface area contributed by atoms with Crippen LogP contribution in [0.25, 0.3) is 117 Å². The summed E-state index contributed by atoms with van der Waals surface area (Å²) >= 11 is 0. The monoisotopic (exact) mass is 864 g/mol. The zero-order valence-corrected chi connectivity index (χ0v) is 39.0. The smallest absolute Gasteiger partial charge is 0.164 e. The Morgan fingerprint density at radius 2 is 0.794 bits per heavy atom. The van der Waals surface area contributed by atoms with Gasteiger partial charge in [-0.2, -0.15) is 0 Å². The Bertz CT molecular complexity index is 3790. The Morgan fingerprint density at radius 1 is 0.353 bits per heavy atom. The molecule has 11 heteroatoms. The Hall–Kier alpha value is -8.02. The van der Waals surface area contributed by atoms with E-state index in [-0.39, 0.29) is 0 Å². The second kappa shape index (κ2) is 16.4. The van der Waals surface area contributed by atoms with Crippen molar-refractivity contribution in [2.45, 2.75) is 0 Å². The molecule has 0 N–H and O–H groups in total. The molecule has 9 aromatic carbocycles. The summed E-state index contributed by atoms with van der Waals surface area (Å²) in [5, 5.41) is 4.70. The van der Waals surface area contributed by atoms with Crippen LogP contribution in [-0.2, 0) is 0 Å². The summed E-state index contributed by atoms with van der Waals surface area (Å²) in [6, 6.07) is 64.3. The average Bonchev–Trinajstić information content (AvgIpc) is 3.95. The van der Waals surface area contributed by atoms with Crippen LogP contribution in [-0.4, -0.2) is 66.6 Å². The van der Waals surface area contributed by atoms with Gasteiger partial charge in [0.25, 0.3) is 0 Å². The SMILES string of the molecule is Bc1cc(B)c2c(c1B)c1c(B)c(B)cc(B)c1n2-c1cc(-c2cc(-c3ccccc3)cc(-c3ccccc3)c2)c2oc3cc(-c4nc(-c5ccccc5)nc(-c5ccccc5)n4)ccc3c2c1. The standard InChI is InChI=1S/C57H42B6N4O/c58-43-29-45(60)52-48(50(43)62)49-51(63)44(59)30-46(61)53(49)67(52)39-27-41(38-24-36(31-13-5-1-6-14-31)23-37(25-38)32-15-7-2-8-16-32)54-42(28-39)40-22-21-35(26-47(40)68-54)57-65-55(33-17-9-3-10-18-33)64-56(66-57)34-19-11-4-12-20-34/h1-30H,58-63H2. The first kappa shape index (κ1) is 41.4. The van der Waals surface area contributed by atoms with Crippen molar-refractivity contribution in [3.05, 3.63) is 182 Å². The molecule has 0 spiro atoms. The van der Waals surface area contributed by atoms with E-state index in [0.717, 1.165) is 77.7 Å². The molecule has 12 aromatic rings. The van der Waals surface area contributed by atoms with Gasteiger partial charge in [-0.25, -0.2) is 15.0 Å². The third kappa shape index (κ3) is 6.92. The zero-order valence-electron chi connectivity index (χ0n) is 39.0. The van der Waals surface area contributed by atoms with E-state index in [0.29, 0.717) is 17.5 Å². The number of rotatable bonds is 7. The van der Waals surface area contributed by atoms with Crippen LogP contribution in [0, 0.1) is 0 Å². The van der Waals surface area contributed by atoms with E-state index in [1.807, 2.05) is 60.7 Å². The zero-order chi connectivity index (χ0) is 46.2. The summed E-state index contributed by atoms with van der Waals surface area (Å²) < 4.78 is 9.74. The topological polar surface area (TPSA) is 56.7 Å². The molecule has 0 bridgehead atoms. The third-order valence-corrected chi connectivity index (χ3v) is 13.9. The predicted molar refractivity (Wildman–Crippen MR) is 303 cm³/mol. The first-order valence-electron chi connectivity index (χ1n) is 23.3. The normalized spacial score (nSPS) is 11.6. The molecule has 12 rings (SSSR count). The molecular formula is C57H42B6N4O. The van der Waals surface area contributed by atoms with E-state index in [1.165, 1.54) is 54.6 Å². The molecule has 5 nitrogen and oxygen atoms in total. The summed E-state index contributed by atoms with van der Waals surface area (Å²) in [7, 11) is 13.6. The number of hydrogen-bond donors (Lipinski definition) is 0. The van der Waals surface area contributed by atoms with Gasteiger partial charge in [0.15, 0.2) is 17.5 Å². The molecule has 0 radical (unpaired) electrons. The number of fused-ring (bicyclic) bond motifs is 6. The van der Waals surface area contributed by atoms with Gasteiger partial charge >= 0.3 is 0 Å². The highest BCUT2D eigenvalue weighted by molar-refractivity contribution is 6.62. The van der Waals surface area contributed by atoms with Gasteiger partial charge in [-0.3, -0.25) is 0 Å². The fraction of sp³-hybridized carbons (Fsp3) is 0. The number of aromatic nitrogens is 4. The van der Waals surface area contributed by atoms with Crippen molar-refractivity contribution < 1.29 is 4.42 Å². The van der Waals surface area contributed by atoms with E-state index in [4.69, 9.17) is 19.4 Å². The second-order valence-corrected chi connectivity index (χ2v) is 18.3. The van der Waals surface area contributed by atoms with Crippen LogP contribution in [0.1, 0.15) is 0 Å². The highest BCUT2D eigenvalue weighted by Crippen LogP contribution is 2.43. The van der Waals surface area contributed by atoms with Gasteiger partial charge in [-0.05, 0) is 81.1 Å². The highest BCUT2D eigenvalue weighted by Gasteiger charge is 2.24. The molecule has 3 aromatic heterocycles.